The highest BCUT2D eigenvalue weighted by atomic mass is 19.4. The Kier molecular flexibility index (Phi) is 2.47. The number of hydrogen-bond acceptors (Lipinski definition) is 2. The lowest BCUT2D eigenvalue weighted by Gasteiger charge is -2.44. The molecule has 0 atom stereocenters. The van der Waals surface area contributed by atoms with Crippen LogP contribution in [0.3, 0.4) is 0 Å². The van der Waals surface area contributed by atoms with Crippen LogP contribution in [0.25, 0.3) is 0 Å². The highest BCUT2D eigenvalue weighted by Crippen LogP contribution is 2.34. The first-order valence-corrected chi connectivity index (χ1v) is 4.90. The summed E-state index contributed by atoms with van der Waals surface area (Å²) in [6, 6.07) is 4.70. The summed E-state index contributed by atoms with van der Waals surface area (Å²) in [4.78, 5) is 1.90. The fourth-order valence-electron chi connectivity index (χ4n) is 2.00. The minimum absolute atomic E-state index is 0.457. The number of likely N-dealkylation sites (tertiary alicyclic amines) is 1. The fourth-order valence-corrected chi connectivity index (χ4v) is 2.00. The van der Waals surface area contributed by atoms with Gasteiger partial charge in [-0.2, -0.15) is 13.2 Å². The van der Waals surface area contributed by atoms with Gasteiger partial charge in [0.2, 0.25) is 0 Å². The van der Waals surface area contributed by atoms with Crippen LogP contribution in [0.4, 0.5) is 13.2 Å². The van der Waals surface area contributed by atoms with Gasteiger partial charge in [-0.3, -0.25) is 4.90 Å². The molecule has 1 saturated heterocycles. The van der Waals surface area contributed by atoms with Gasteiger partial charge in [-0.25, -0.2) is 0 Å². The number of nitrogens with zero attached hydrogens (tertiary/aromatic N) is 1. The van der Waals surface area contributed by atoms with Crippen molar-refractivity contribution >= 4 is 0 Å². The maximum atomic E-state index is 12.3. The van der Waals surface area contributed by atoms with E-state index in [9.17, 15) is 18.3 Å². The molecule has 0 bridgehead atoms. The molecule has 0 amide bonds. The zero-order valence-corrected chi connectivity index (χ0v) is 8.75. The fraction of sp³-hybridized carbons (Fsp3) is 0.455. The first-order chi connectivity index (χ1) is 7.31. The Balaban J connectivity index is 2.20. The zero-order chi connectivity index (χ0) is 12.0. The third-order valence-electron chi connectivity index (χ3n) is 2.81. The van der Waals surface area contributed by atoms with E-state index in [1.54, 1.807) is 0 Å². The van der Waals surface area contributed by atoms with Crippen LogP contribution in [0.2, 0.25) is 0 Å². The van der Waals surface area contributed by atoms with Gasteiger partial charge < -0.3 is 5.11 Å². The van der Waals surface area contributed by atoms with Crippen molar-refractivity contribution in [2.75, 3.05) is 20.1 Å². The van der Waals surface area contributed by atoms with E-state index in [4.69, 9.17) is 0 Å². The molecule has 1 aromatic rings. The summed E-state index contributed by atoms with van der Waals surface area (Å²) in [5.41, 5.74) is -1.13. The number of likely N-dealkylation sites (N-methyl/N-ethyl adjacent to an activating group) is 1. The minimum Gasteiger partial charge on any atom is -0.382 e. The second kappa shape index (κ2) is 3.46. The second-order valence-electron chi connectivity index (χ2n) is 4.28. The summed E-state index contributed by atoms with van der Waals surface area (Å²) < 4.78 is 36.9. The Hall–Kier alpha value is -1.07. The summed E-state index contributed by atoms with van der Waals surface area (Å²) in [7, 11) is 1.85. The van der Waals surface area contributed by atoms with E-state index in [0.29, 0.717) is 18.7 Å². The molecule has 0 aliphatic carbocycles. The molecule has 0 unspecified atom stereocenters. The Morgan fingerprint density at radius 1 is 1.19 bits per heavy atom. The van der Waals surface area contributed by atoms with Crippen LogP contribution in [-0.2, 0) is 11.8 Å². The molecule has 0 saturated carbocycles. The molecule has 1 aromatic carbocycles. The van der Waals surface area contributed by atoms with Crippen molar-refractivity contribution in [1.29, 1.82) is 0 Å². The third-order valence-corrected chi connectivity index (χ3v) is 2.81. The molecule has 1 aliphatic rings. The van der Waals surface area contributed by atoms with Crippen LogP contribution in [0.1, 0.15) is 11.1 Å². The summed E-state index contributed by atoms with van der Waals surface area (Å²) in [6.45, 7) is 0.913. The van der Waals surface area contributed by atoms with E-state index in [2.05, 4.69) is 0 Å². The molecule has 1 aliphatic heterocycles. The highest BCUT2D eigenvalue weighted by Gasteiger charge is 2.41. The summed E-state index contributed by atoms with van der Waals surface area (Å²) >= 11 is 0. The third kappa shape index (κ3) is 1.92. The van der Waals surface area contributed by atoms with Crippen LogP contribution in [0.15, 0.2) is 24.3 Å². The lowest BCUT2D eigenvalue weighted by molar-refractivity contribution is -0.137. The van der Waals surface area contributed by atoms with Gasteiger partial charge in [-0.1, -0.05) is 12.1 Å². The smallest absolute Gasteiger partial charge is 0.382 e. The monoisotopic (exact) mass is 231 g/mol. The molecule has 1 fully saturated rings. The molecule has 2 rings (SSSR count). The lowest BCUT2D eigenvalue weighted by Crippen LogP contribution is -2.57. The minimum atomic E-state index is -4.32. The van der Waals surface area contributed by atoms with Gasteiger partial charge in [0.15, 0.2) is 0 Å². The Morgan fingerprint density at radius 3 is 2.06 bits per heavy atom. The molecule has 88 valence electrons. The Morgan fingerprint density at radius 2 is 1.69 bits per heavy atom. The molecule has 1 N–H and O–H groups in total. The van der Waals surface area contributed by atoms with Gasteiger partial charge >= 0.3 is 6.18 Å². The van der Waals surface area contributed by atoms with E-state index >= 15 is 0 Å². The first-order valence-electron chi connectivity index (χ1n) is 4.90. The number of rotatable bonds is 1. The lowest BCUT2D eigenvalue weighted by atomic mass is 9.86. The summed E-state index contributed by atoms with van der Waals surface area (Å²) in [5, 5.41) is 10.0. The highest BCUT2D eigenvalue weighted by molar-refractivity contribution is 5.31. The van der Waals surface area contributed by atoms with Crippen molar-refractivity contribution in [2.24, 2.45) is 0 Å². The predicted molar refractivity (Wildman–Crippen MR) is 52.8 cm³/mol. The zero-order valence-electron chi connectivity index (χ0n) is 8.75. The number of alkyl halides is 3. The van der Waals surface area contributed by atoms with Crippen molar-refractivity contribution in [3.63, 3.8) is 0 Å². The van der Waals surface area contributed by atoms with Gasteiger partial charge in [0.25, 0.3) is 0 Å². The Bertz CT molecular complexity index is 379. The van der Waals surface area contributed by atoms with Crippen molar-refractivity contribution in [2.45, 2.75) is 11.8 Å². The van der Waals surface area contributed by atoms with E-state index in [1.807, 2.05) is 11.9 Å². The molecule has 0 radical (unpaired) electrons. The van der Waals surface area contributed by atoms with Crippen LogP contribution in [0.5, 0.6) is 0 Å². The molecule has 2 nitrogen and oxygen atoms in total. The van der Waals surface area contributed by atoms with Crippen molar-refractivity contribution in [3.05, 3.63) is 35.4 Å². The number of hydrogen-bond donors (Lipinski definition) is 1. The Labute approximate surface area is 91.3 Å². The SMILES string of the molecule is CN1CC(O)(c2ccc(C(F)(F)F)cc2)C1. The van der Waals surface area contributed by atoms with Gasteiger partial charge in [0.1, 0.15) is 5.60 Å². The van der Waals surface area contributed by atoms with Gasteiger partial charge in [-0.05, 0) is 24.7 Å². The van der Waals surface area contributed by atoms with Crippen molar-refractivity contribution in [3.8, 4) is 0 Å². The van der Waals surface area contributed by atoms with E-state index in [0.717, 1.165) is 12.1 Å². The summed E-state index contributed by atoms with van der Waals surface area (Å²) in [5.74, 6) is 0. The quantitative estimate of drug-likeness (QED) is 0.797. The molecular weight excluding hydrogens is 219 g/mol. The normalized spacial score (nSPS) is 20.6. The number of benzene rings is 1. The van der Waals surface area contributed by atoms with E-state index < -0.39 is 17.3 Å². The van der Waals surface area contributed by atoms with E-state index in [-0.39, 0.29) is 0 Å². The van der Waals surface area contributed by atoms with Crippen LogP contribution in [-0.4, -0.2) is 30.1 Å². The number of β-amino-alcohol motifs (C(OH)–C–C–N with tert-alkyl or cyclic N) is 1. The first kappa shape index (κ1) is 11.4. The molecule has 0 aromatic heterocycles. The van der Waals surface area contributed by atoms with Crippen molar-refractivity contribution < 1.29 is 18.3 Å². The summed E-state index contributed by atoms with van der Waals surface area (Å²) in [6.07, 6.45) is -4.32. The molecule has 1 heterocycles. The van der Waals surface area contributed by atoms with Crippen LogP contribution >= 0.6 is 0 Å². The standard InChI is InChI=1S/C11H12F3NO/c1-15-6-10(16,7-15)8-2-4-9(5-3-8)11(12,13)14/h2-5,16H,6-7H2,1H3. The average Bonchev–Trinajstić information content (AvgIpc) is 2.14. The molecular formula is C11H12F3NO. The predicted octanol–water partition coefficient (Wildman–Crippen LogP) is 1.84. The maximum absolute atomic E-state index is 12.3. The van der Waals surface area contributed by atoms with Gasteiger partial charge in [0, 0.05) is 13.1 Å². The second-order valence-corrected chi connectivity index (χ2v) is 4.28. The van der Waals surface area contributed by atoms with E-state index in [1.165, 1.54) is 12.1 Å². The largest absolute Gasteiger partial charge is 0.416 e. The number of aliphatic hydroxyl groups is 1. The van der Waals surface area contributed by atoms with Gasteiger partial charge in [-0.15, -0.1) is 0 Å². The molecule has 5 heteroatoms. The topological polar surface area (TPSA) is 23.5 Å². The van der Waals surface area contributed by atoms with Crippen LogP contribution in [0, 0.1) is 0 Å². The molecule has 0 spiro atoms. The van der Waals surface area contributed by atoms with Crippen molar-refractivity contribution in [1.82, 2.24) is 4.90 Å². The number of halogens is 3. The average molecular weight is 231 g/mol. The van der Waals surface area contributed by atoms with Gasteiger partial charge in [0.05, 0.1) is 5.56 Å². The van der Waals surface area contributed by atoms with Crippen LogP contribution < -0.4 is 0 Å². The maximum Gasteiger partial charge on any atom is 0.416 e. The molecule has 16 heavy (non-hydrogen) atoms.